The number of benzene rings is 1. The van der Waals surface area contributed by atoms with Crippen molar-refractivity contribution in [1.29, 1.82) is 0 Å². The summed E-state index contributed by atoms with van der Waals surface area (Å²) in [5.41, 5.74) is 0.783. The minimum absolute atomic E-state index is 0.0294. The minimum atomic E-state index is -0.909. The summed E-state index contributed by atoms with van der Waals surface area (Å²) in [6.07, 6.45) is 7.64. The number of aliphatic hydroxyl groups is 1. The van der Waals surface area contributed by atoms with E-state index in [2.05, 4.69) is 31.7 Å². The zero-order chi connectivity index (χ0) is 23.9. The van der Waals surface area contributed by atoms with E-state index in [1.54, 1.807) is 0 Å². The van der Waals surface area contributed by atoms with Gasteiger partial charge in [-0.3, -0.25) is 4.90 Å². The number of piperidine rings is 1. The zero-order valence-corrected chi connectivity index (χ0v) is 21.5. The number of nitrogens with zero attached hydrogens (tertiary/aromatic N) is 1. The maximum atomic E-state index is 12.2. The van der Waals surface area contributed by atoms with Crippen LogP contribution in [-0.2, 0) is 16.6 Å². The fourth-order valence-electron chi connectivity index (χ4n) is 9.58. The first-order chi connectivity index (χ1) is 16.0. The highest BCUT2D eigenvalue weighted by atomic mass is 16.6. The van der Waals surface area contributed by atoms with Crippen LogP contribution >= 0.6 is 0 Å². The lowest BCUT2D eigenvalue weighted by Gasteiger charge is -2.75. The lowest BCUT2D eigenvalue weighted by atomic mass is 9.33. The van der Waals surface area contributed by atoms with E-state index in [4.69, 9.17) is 9.47 Å². The van der Waals surface area contributed by atoms with E-state index in [1.807, 2.05) is 20.1 Å². The third-order valence-corrected chi connectivity index (χ3v) is 11.9. The molecule has 4 saturated carbocycles. The van der Waals surface area contributed by atoms with Crippen molar-refractivity contribution in [3.63, 3.8) is 0 Å². The molecule has 2 N–H and O–H groups in total. The van der Waals surface area contributed by atoms with Gasteiger partial charge in [-0.15, -0.1) is 0 Å². The van der Waals surface area contributed by atoms with Crippen LogP contribution in [0.2, 0.25) is 0 Å². The number of fused-ring (bicyclic) bond motifs is 2. The molecule has 7 aliphatic rings. The molecule has 5 nitrogen and oxygen atoms in total. The second-order valence-corrected chi connectivity index (χ2v) is 13.8. The fraction of sp³-hybridized carbons (Fsp3) is 0.793. The second-order valence-electron chi connectivity index (χ2n) is 13.8. The second kappa shape index (κ2) is 6.33. The lowest BCUT2D eigenvalue weighted by Crippen LogP contribution is -2.83. The molecule has 5 fully saturated rings. The zero-order valence-electron chi connectivity index (χ0n) is 21.5. The Kier molecular flexibility index (Phi) is 4.08. The van der Waals surface area contributed by atoms with Crippen molar-refractivity contribution >= 4 is 0 Å². The van der Waals surface area contributed by atoms with Crippen molar-refractivity contribution in [2.75, 3.05) is 20.2 Å². The summed E-state index contributed by atoms with van der Waals surface area (Å²) in [4.78, 5) is 2.82. The molecule has 5 heteroatoms. The molecule has 2 spiro atoms. The summed E-state index contributed by atoms with van der Waals surface area (Å²) in [5.74, 6) is 1.80. The average Bonchev–Trinajstić information content (AvgIpc) is 3.53. The van der Waals surface area contributed by atoms with E-state index in [0.29, 0.717) is 11.8 Å². The fourth-order valence-corrected chi connectivity index (χ4v) is 9.58. The molecule has 1 saturated heterocycles. The van der Waals surface area contributed by atoms with Crippen molar-refractivity contribution in [3.05, 3.63) is 23.3 Å². The summed E-state index contributed by atoms with van der Waals surface area (Å²) in [6.45, 7) is 10.8. The molecule has 1 aromatic rings. The SMILES string of the molecule is COC12CC[C@]3(CC1C(C)(O)C(C)(C)C)[C@H]1Cc4ccc(O)c5c4[C@@]3(CCN1CC1CC1)C2O5. The molecule has 0 radical (unpaired) electrons. The van der Waals surface area contributed by atoms with Crippen molar-refractivity contribution in [2.45, 2.75) is 101 Å². The summed E-state index contributed by atoms with van der Waals surface area (Å²) in [5, 5.41) is 23.2. The van der Waals surface area contributed by atoms with Gasteiger partial charge >= 0.3 is 0 Å². The number of methoxy groups -OCH3 is 1. The summed E-state index contributed by atoms with van der Waals surface area (Å²) >= 11 is 0. The first-order valence-electron chi connectivity index (χ1n) is 13.6. The number of aromatic hydroxyl groups is 1. The normalized spacial score (nSPS) is 43.9. The van der Waals surface area contributed by atoms with Crippen LogP contribution in [0.1, 0.15) is 77.3 Å². The van der Waals surface area contributed by atoms with E-state index in [9.17, 15) is 10.2 Å². The average molecular weight is 468 g/mol. The Balaban J connectivity index is 1.47. The summed E-state index contributed by atoms with van der Waals surface area (Å²) < 4.78 is 13.5. The Morgan fingerprint density at radius 2 is 1.91 bits per heavy atom. The number of rotatable bonds is 4. The van der Waals surface area contributed by atoms with Gasteiger partial charge in [0.15, 0.2) is 11.5 Å². The van der Waals surface area contributed by atoms with Gasteiger partial charge in [0.1, 0.15) is 11.7 Å². The van der Waals surface area contributed by atoms with Crippen molar-refractivity contribution in [3.8, 4) is 11.5 Å². The Labute approximate surface area is 203 Å². The quantitative estimate of drug-likeness (QED) is 0.687. The molecule has 4 bridgehead atoms. The van der Waals surface area contributed by atoms with Gasteiger partial charge in [0.05, 0.1) is 5.60 Å². The molecular weight excluding hydrogens is 426 g/mol. The maximum Gasteiger partial charge on any atom is 0.165 e. The molecule has 8 rings (SSSR count). The molecule has 0 aromatic heterocycles. The van der Waals surface area contributed by atoms with Gasteiger partial charge in [-0.25, -0.2) is 0 Å². The highest BCUT2D eigenvalue weighted by Gasteiger charge is 2.82. The first-order valence-corrected chi connectivity index (χ1v) is 13.6. The number of hydrogen-bond donors (Lipinski definition) is 2. The maximum absolute atomic E-state index is 12.2. The van der Waals surface area contributed by atoms with Crippen molar-refractivity contribution in [1.82, 2.24) is 4.90 Å². The number of likely N-dealkylation sites (tertiary alicyclic amines) is 1. The van der Waals surface area contributed by atoms with Crippen LogP contribution in [0.4, 0.5) is 0 Å². The number of hydrogen-bond acceptors (Lipinski definition) is 5. The van der Waals surface area contributed by atoms with Crippen LogP contribution in [0, 0.1) is 22.7 Å². The van der Waals surface area contributed by atoms with Gasteiger partial charge in [0.2, 0.25) is 0 Å². The van der Waals surface area contributed by atoms with Crippen LogP contribution in [0.5, 0.6) is 11.5 Å². The van der Waals surface area contributed by atoms with Gasteiger partial charge in [-0.05, 0) is 81.4 Å². The Hall–Kier alpha value is -1.30. The third kappa shape index (κ3) is 2.25. The van der Waals surface area contributed by atoms with Crippen molar-refractivity contribution in [2.24, 2.45) is 22.7 Å². The molecule has 186 valence electrons. The molecular formula is C29H41NO4. The molecule has 34 heavy (non-hydrogen) atoms. The van der Waals surface area contributed by atoms with E-state index in [0.717, 1.165) is 44.6 Å². The largest absolute Gasteiger partial charge is 0.504 e. The van der Waals surface area contributed by atoms with Crippen LogP contribution in [0.25, 0.3) is 0 Å². The highest BCUT2D eigenvalue weighted by Crippen LogP contribution is 2.78. The minimum Gasteiger partial charge on any atom is -0.504 e. The van der Waals surface area contributed by atoms with Crippen molar-refractivity contribution < 1.29 is 19.7 Å². The predicted octanol–water partition coefficient (Wildman–Crippen LogP) is 4.41. The number of phenolic OH excluding ortho intramolecular Hbond substituents is 1. The van der Waals surface area contributed by atoms with Gasteiger partial charge < -0.3 is 19.7 Å². The summed E-state index contributed by atoms with van der Waals surface area (Å²) in [6, 6.07) is 4.46. The molecule has 5 aliphatic carbocycles. The first kappa shape index (κ1) is 21.9. The lowest BCUT2D eigenvalue weighted by molar-refractivity contribution is -0.312. The summed E-state index contributed by atoms with van der Waals surface area (Å²) in [7, 11) is 1.83. The molecule has 4 unspecified atom stereocenters. The topological polar surface area (TPSA) is 62.2 Å². The van der Waals surface area contributed by atoms with Crippen LogP contribution in [0.15, 0.2) is 12.1 Å². The molecule has 1 aromatic carbocycles. The van der Waals surface area contributed by atoms with Crippen LogP contribution < -0.4 is 4.74 Å². The van der Waals surface area contributed by atoms with E-state index < -0.39 is 11.2 Å². The molecule has 2 aliphatic heterocycles. The molecule has 2 heterocycles. The standard InChI is InChI=1S/C29H41NO4/c1-25(2,3)26(4,32)20-15-27-10-11-29(20,33-5)24-28(27)12-13-30(16-17-6-7-17)21(27)14-18-8-9-19(31)23(34-24)22(18)28/h8-9,17,20-21,24,31-32H,6-7,10-16H2,1-5H3/t20?,21-,24?,26?,27+,28+,29?/m1/s1. The molecule has 7 atom stereocenters. The van der Waals surface area contributed by atoms with Gasteiger partial charge in [0, 0.05) is 42.0 Å². The Morgan fingerprint density at radius 3 is 2.59 bits per heavy atom. The van der Waals surface area contributed by atoms with E-state index in [-0.39, 0.29) is 34.0 Å². The van der Waals surface area contributed by atoms with E-state index in [1.165, 1.54) is 30.5 Å². The third-order valence-electron chi connectivity index (χ3n) is 11.9. The molecule has 0 amide bonds. The van der Waals surface area contributed by atoms with E-state index >= 15 is 0 Å². The van der Waals surface area contributed by atoms with Gasteiger partial charge in [0.25, 0.3) is 0 Å². The number of phenols is 1. The van der Waals surface area contributed by atoms with Gasteiger partial charge in [-0.2, -0.15) is 0 Å². The number of ether oxygens (including phenoxy) is 2. The van der Waals surface area contributed by atoms with Crippen LogP contribution in [-0.4, -0.2) is 58.7 Å². The predicted molar refractivity (Wildman–Crippen MR) is 130 cm³/mol. The van der Waals surface area contributed by atoms with Crippen LogP contribution in [0.3, 0.4) is 0 Å². The monoisotopic (exact) mass is 467 g/mol. The Morgan fingerprint density at radius 1 is 1.15 bits per heavy atom. The Bertz CT molecular complexity index is 1060. The highest BCUT2D eigenvalue weighted by molar-refractivity contribution is 5.63. The van der Waals surface area contributed by atoms with Gasteiger partial charge in [-0.1, -0.05) is 26.8 Å². The smallest absolute Gasteiger partial charge is 0.165 e.